The third-order valence-corrected chi connectivity index (χ3v) is 4.27. The van der Waals surface area contributed by atoms with Gasteiger partial charge in [0.05, 0.1) is 6.20 Å². The van der Waals surface area contributed by atoms with Crippen LogP contribution in [0.2, 0.25) is 5.02 Å². The van der Waals surface area contributed by atoms with Gasteiger partial charge in [-0.05, 0) is 51.0 Å². The smallest absolute Gasteiger partial charge is 0.223 e. The molecule has 0 spiro atoms. The van der Waals surface area contributed by atoms with Crippen LogP contribution in [-0.2, 0) is 11.2 Å². The van der Waals surface area contributed by atoms with Crippen LogP contribution in [0, 0.1) is 0 Å². The second-order valence-corrected chi connectivity index (χ2v) is 6.69. The Hall–Kier alpha value is -1.81. The summed E-state index contributed by atoms with van der Waals surface area (Å²) in [6, 6.07) is 8.12. The number of hydrogen-bond acceptors (Lipinski definition) is 3. The van der Waals surface area contributed by atoms with Gasteiger partial charge in [-0.15, -0.1) is 0 Å². The highest BCUT2D eigenvalue weighted by atomic mass is 35.5. The molecule has 1 heterocycles. The Labute approximate surface area is 141 Å². The van der Waals surface area contributed by atoms with Gasteiger partial charge in [-0.25, -0.2) is 4.98 Å². The zero-order valence-corrected chi connectivity index (χ0v) is 14.2. The van der Waals surface area contributed by atoms with E-state index >= 15 is 0 Å². The molecule has 1 saturated carbocycles. The van der Waals surface area contributed by atoms with Crippen molar-refractivity contribution in [2.45, 2.75) is 51.6 Å². The highest BCUT2D eigenvalue weighted by molar-refractivity contribution is 6.30. The summed E-state index contributed by atoms with van der Waals surface area (Å²) in [5.74, 6) is 1.49. The third-order valence-electron chi connectivity index (χ3n) is 4.02. The highest BCUT2D eigenvalue weighted by Gasteiger charge is 2.33. The Bertz CT molecular complexity index is 673. The highest BCUT2D eigenvalue weighted by Crippen LogP contribution is 2.29. The van der Waals surface area contributed by atoms with Gasteiger partial charge in [0.15, 0.2) is 11.7 Å². The summed E-state index contributed by atoms with van der Waals surface area (Å²) in [4.78, 5) is 18.7. The molecule has 1 aromatic heterocycles. The average molecular weight is 333 g/mol. The maximum Gasteiger partial charge on any atom is 0.223 e. The van der Waals surface area contributed by atoms with Crippen molar-refractivity contribution in [3.63, 3.8) is 0 Å². The monoisotopic (exact) mass is 332 g/mol. The lowest BCUT2D eigenvalue weighted by molar-refractivity contribution is -0.133. The number of nitrogens with zero attached hydrogens (tertiary/aromatic N) is 2. The number of amides is 1. The average Bonchev–Trinajstić information content (AvgIpc) is 3.22. The molecule has 3 rings (SSSR count). The van der Waals surface area contributed by atoms with E-state index in [4.69, 9.17) is 16.0 Å². The molecule has 1 fully saturated rings. The predicted octanol–water partition coefficient (Wildman–Crippen LogP) is 4.33. The molecular weight excluding hydrogens is 312 g/mol. The molecule has 0 N–H and O–H groups in total. The molecule has 0 unspecified atom stereocenters. The number of carbonyl (C=O) groups is 1. The molecule has 1 aromatic carbocycles. The van der Waals surface area contributed by atoms with Crippen LogP contribution < -0.4 is 0 Å². The first-order valence-electron chi connectivity index (χ1n) is 8.06. The predicted molar refractivity (Wildman–Crippen MR) is 90.3 cm³/mol. The molecular formula is C18H21ClN2O2. The Balaban J connectivity index is 1.60. The number of rotatable bonds is 6. The Morgan fingerprint density at radius 1 is 1.35 bits per heavy atom. The second-order valence-electron chi connectivity index (χ2n) is 6.25. The van der Waals surface area contributed by atoms with E-state index in [2.05, 4.69) is 18.8 Å². The standard InChI is InChI=1S/C18H21ClN2O2/c1-12(2)21(15-7-8-15)18(22)10-9-17-20-11-16(23-17)13-3-5-14(19)6-4-13/h3-6,11-12,15H,7-10H2,1-2H3. The number of benzene rings is 1. The molecule has 0 saturated heterocycles. The first-order chi connectivity index (χ1) is 11.0. The van der Waals surface area contributed by atoms with Crippen LogP contribution in [0.15, 0.2) is 34.9 Å². The van der Waals surface area contributed by atoms with Crippen molar-refractivity contribution in [3.05, 3.63) is 41.4 Å². The van der Waals surface area contributed by atoms with Crippen molar-refractivity contribution in [1.82, 2.24) is 9.88 Å². The van der Waals surface area contributed by atoms with Crippen molar-refractivity contribution in [1.29, 1.82) is 0 Å². The fraction of sp³-hybridized carbons (Fsp3) is 0.444. The summed E-state index contributed by atoms with van der Waals surface area (Å²) < 4.78 is 5.75. The zero-order valence-electron chi connectivity index (χ0n) is 13.5. The van der Waals surface area contributed by atoms with E-state index in [1.54, 1.807) is 6.20 Å². The summed E-state index contributed by atoms with van der Waals surface area (Å²) in [7, 11) is 0. The quantitative estimate of drug-likeness (QED) is 0.791. The minimum Gasteiger partial charge on any atom is -0.441 e. The Kier molecular flexibility index (Phi) is 4.71. The lowest BCUT2D eigenvalue weighted by atomic mass is 10.2. The van der Waals surface area contributed by atoms with E-state index in [9.17, 15) is 4.79 Å². The van der Waals surface area contributed by atoms with E-state index in [0.717, 1.165) is 18.4 Å². The minimum absolute atomic E-state index is 0.189. The number of aromatic nitrogens is 1. The molecule has 23 heavy (non-hydrogen) atoms. The van der Waals surface area contributed by atoms with E-state index in [0.29, 0.717) is 35.6 Å². The van der Waals surface area contributed by atoms with Crippen molar-refractivity contribution in [2.24, 2.45) is 0 Å². The molecule has 1 aliphatic rings. The lowest BCUT2D eigenvalue weighted by Gasteiger charge is -2.26. The normalized spacial score (nSPS) is 14.3. The molecule has 2 aromatic rings. The van der Waals surface area contributed by atoms with Gasteiger partial charge in [0.2, 0.25) is 5.91 Å². The van der Waals surface area contributed by atoms with E-state index in [1.807, 2.05) is 29.2 Å². The van der Waals surface area contributed by atoms with E-state index < -0.39 is 0 Å². The van der Waals surface area contributed by atoms with Gasteiger partial charge in [0.1, 0.15) is 0 Å². The molecule has 1 aliphatic carbocycles. The summed E-state index contributed by atoms with van der Waals surface area (Å²) in [5, 5.41) is 0.688. The van der Waals surface area contributed by atoms with Crippen molar-refractivity contribution >= 4 is 17.5 Å². The Morgan fingerprint density at radius 3 is 2.65 bits per heavy atom. The molecule has 4 nitrogen and oxygen atoms in total. The van der Waals surface area contributed by atoms with Gasteiger partial charge in [-0.1, -0.05) is 11.6 Å². The second kappa shape index (κ2) is 6.75. The van der Waals surface area contributed by atoms with Crippen LogP contribution >= 0.6 is 11.6 Å². The van der Waals surface area contributed by atoms with E-state index in [-0.39, 0.29) is 11.9 Å². The van der Waals surface area contributed by atoms with Crippen molar-refractivity contribution in [3.8, 4) is 11.3 Å². The first kappa shape index (κ1) is 16.1. The van der Waals surface area contributed by atoms with Crippen LogP contribution in [0.25, 0.3) is 11.3 Å². The molecule has 0 radical (unpaired) electrons. The van der Waals surface area contributed by atoms with Crippen LogP contribution in [-0.4, -0.2) is 27.9 Å². The van der Waals surface area contributed by atoms with Gasteiger partial charge in [-0.2, -0.15) is 0 Å². The first-order valence-corrected chi connectivity index (χ1v) is 8.44. The third kappa shape index (κ3) is 3.94. The fourth-order valence-electron chi connectivity index (χ4n) is 2.78. The lowest BCUT2D eigenvalue weighted by Crippen LogP contribution is -2.38. The van der Waals surface area contributed by atoms with Crippen molar-refractivity contribution in [2.75, 3.05) is 0 Å². The molecule has 5 heteroatoms. The van der Waals surface area contributed by atoms with Gasteiger partial charge in [0, 0.05) is 35.5 Å². The summed E-state index contributed by atoms with van der Waals surface area (Å²) in [6.07, 6.45) is 4.93. The number of carbonyl (C=O) groups excluding carboxylic acids is 1. The fourth-order valence-corrected chi connectivity index (χ4v) is 2.91. The molecule has 122 valence electrons. The topological polar surface area (TPSA) is 46.3 Å². The maximum atomic E-state index is 12.4. The Morgan fingerprint density at radius 2 is 2.04 bits per heavy atom. The van der Waals surface area contributed by atoms with Gasteiger partial charge in [0.25, 0.3) is 0 Å². The minimum atomic E-state index is 0.189. The van der Waals surface area contributed by atoms with Crippen molar-refractivity contribution < 1.29 is 9.21 Å². The van der Waals surface area contributed by atoms with Gasteiger partial charge in [-0.3, -0.25) is 4.79 Å². The number of oxazole rings is 1. The maximum absolute atomic E-state index is 12.4. The molecule has 0 bridgehead atoms. The van der Waals surface area contributed by atoms with Crippen LogP contribution in [0.4, 0.5) is 0 Å². The summed E-state index contributed by atoms with van der Waals surface area (Å²) in [5.41, 5.74) is 0.932. The zero-order chi connectivity index (χ0) is 16.4. The molecule has 1 amide bonds. The SMILES string of the molecule is CC(C)N(C(=O)CCc1ncc(-c2ccc(Cl)cc2)o1)C1CC1. The number of aryl methyl sites for hydroxylation is 1. The van der Waals surface area contributed by atoms with E-state index in [1.165, 1.54) is 0 Å². The largest absolute Gasteiger partial charge is 0.441 e. The van der Waals surface area contributed by atoms with Crippen LogP contribution in [0.3, 0.4) is 0 Å². The number of halogens is 1. The molecule has 0 atom stereocenters. The van der Waals surface area contributed by atoms with Crippen LogP contribution in [0.5, 0.6) is 0 Å². The molecule has 0 aliphatic heterocycles. The van der Waals surface area contributed by atoms with Crippen LogP contribution in [0.1, 0.15) is 39.0 Å². The van der Waals surface area contributed by atoms with Gasteiger partial charge < -0.3 is 9.32 Å². The summed E-state index contributed by atoms with van der Waals surface area (Å²) >= 11 is 5.89. The number of hydrogen-bond donors (Lipinski definition) is 0. The summed E-state index contributed by atoms with van der Waals surface area (Å²) in [6.45, 7) is 4.14. The van der Waals surface area contributed by atoms with Gasteiger partial charge >= 0.3 is 0 Å².